The molecule has 1 saturated heterocycles. The maximum atomic E-state index is 11.9. The molecule has 1 aromatic carbocycles. The van der Waals surface area contributed by atoms with Crippen molar-refractivity contribution in [1.82, 2.24) is 19.5 Å². The lowest BCUT2D eigenvalue weighted by Crippen LogP contribution is -2.26. The van der Waals surface area contributed by atoms with Gasteiger partial charge in [0, 0.05) is 50.5 Å². The highest BCUT2D eigenvalue weighted by molar-refractivity contribution is 7.98. The zero-order chi connectivity index (χ0) is 27.2. The smallest absolute Gasteiger partial charge is 0.224 e. The highest BCUT2D eigenvalue weighted by atomic mass is 32.2. The second kappa shape index (κ2) is 12.5. The van der Waals surface area contributed by atoms with E-state index >= 15 is 0 Å². The zero-order valence-corrected chi connectivity index (χ0v) is 23.1. The minimum absolute atomic E-state index is 0.178. The van der Waals surface area contributed by atoms with Crippen molar-refractivity contribution in [3.8, 4) is 5.88 Å². The van der Waals surface area contributed by atoms with Gasteiger partial charge >= 0.3 is 0 Å². The summed E-state index contributed by atoms with van der Waals surface area (Å²) in [6, 6.07) is 10.1. The third-order valence-corrected chi connectivity index (χ3v) is 7.31. The van der Waals surface area contributed by atoms with Crippen LogP contribution in [0, 0.1) is 11.7 Å². The van der Waals surface area contributed by atoms with E-state index in [0.29, 0.717) is 17.5 Å². The largest absolute Gasteiger partial charge is 0.480 e. The summed E-state index contributed by atoms with van der Waals surface area (Å²) in [5, 5.41) is 2.48. The van der Waals surface area contributed by atoms with Crippen molar-refractivity contribution in [3.63, 3.8) is 0 Å². The molecule has 0 spiro atoms. The number of hydrogen-bond acceptors (Lipinski definition) is 8. The molecule has 4 heterocycles. The highest BCUT2D eigenvalue weighted by Crippen LogP contribution is 2.40. The van der Waals surface area contributed by atoms with E-state index < -0.39 is 0 Å². The van der Waals surface area contributed by atoms with Crippen molar-refractivity contribution in [2.75, 3.05) is 33.6 Å². The number of rotatable bonds is 6. The van der Waals surface area contributed by atoms with Crippen LogP contribution in [0.4, 0.5) is 4.39 Å². The molecule has 3 aromatic heterocycles. The van der Waals surface area contributed by atoms with E-state index in [0.717, 1.165) is 70.7 Å². The van der Waals surface area contributed by atoms with Gasteiger partial charge in [-0.3, -0.25) is 4.98 Å². The molecule has 0 aliphatic carbocycles. The molecule has 0 radical (unpaired) electrons. The number of aromatic nitrogens is 3. The molecule has 1 aliphatic heterocycles. The summed E-state index contributed by atoms with van der Waals surface area (Å²) >= 11 is 1.68. The Bertz CT molecular complexity index is 1410. The summed E-state index contributed by atoms with van der Waals surface area (Å²) < 4.78 is 25.5. The van der Waals surface area contributed by atoms with Gasteiger partial charge in [-0.25, -0.2) is 15.2 Å². The van der Waals surface area contributed by atoms with E-state index in [1.807, 2.05) is 19.3 Å². The summed E-state index contributed by atoms with van der Waals surface area (Å²) in [5.74, 6) is 7.03. The van der Waals surface area contributed by atoms with E-state index in [4.69, 9.17) is 26.0 Å². The number of hydrazine groups is 1. The Labute approximate surface area is 226 Å². The predicted molar refractivity (Wildman–Crippen MR) is 152 cm³/mol. The fourth-order valence-electron chi connectivity index (χ4n) is 4.86. The predicted octanol–water partition coefficient (Wildman–Crippen LogP) is 5.02. The Balaban J connectivity index is 0.000000417. The molecule has 1 fully saturated rings. The number of pyridine rings is 2. The molecule has 0 atom stereocenters. The van der Waals surface area contributed by atoms with Crippen molar-refractivity contribution in [1.29, 1.82) is 0 Å². The standard InChI is InChI=1S/C22H30N6O2S.C6H5F/c1-13(23)20(27(2)24)15-9-16-19(25-10-15)18-21(17(31-4)11-26-22(18)29-3)28(16)12-14-5-7-30-8-6-14;7-6-4-2-1-3-5-6/h9-11,14H,5-8,12,23-24H2,1-4H3;1-5H/b20-13-;. The van der Waals surface area contributed by atoms with E-state index in [-0.39, 0.29) is 5.82 Å². The van der Waals surface area contributed by atoms with Crippen molar-refractivity contribution >= 4 is 39.4 Å². The lowest BCUT2D eigenvalue weighted by Gasteiger charge is -2.24. The van der Waals surface area contributed by atoms with E-state index in [9.17, 15) is 4.39 Å². The van der Waals surface area contributed by atoms with Gasteiger partial charge in [-0.2, -0.15) is 0 Å². The molecule has 1 aliphatic rings. The number of benzene rings is 1. The Hall–Kier alpha value is -3.34. The van der Waals surface area contributed by atoms with Crippen LogP contribution in [0.15, 0.2) is 59.4 Å². The van der Waals surface area contributed by atoms with Gasteiger partial charge in [0.15, 0.2) is 0 Å². The average Bonchev–Trinajstić information content (AvgIpc) is 3.23. The average molecular weight is 539 g/mol. The molecular formula is C28H35FN6O2S. The lowest BCUT2D eigenvalue weighted by molar-refractivity contribution is 0.0619. The van der Waals surface area contributed by atoms with Gasteiger partial charge in [0.05, 0.1) is 34.1 Å². The van der Waals surface area contributed by atoms with Gasteiger partial charge in [-0.15, -0.1) is 11.8 Å². The van der Waals surface area contributed by atoms with Crippen molar-refractivity contribution in [2.45, 2.75) is 31.2 Å². The van der Waals surface area contributed by atoms with Crippen molar-refractivity contribution in [3.05, 3.63) is 65.9 Å². The van der Waals surface area contributed by atoms with Gasteiger partial charge in [0.2, 0.25) is 5.88 Å². The summed E-state index contributed by atoms with van der Waals surface area (Å²) in [6.07, 6.45) is 7.86. The van der Waals surface area contributed by atoms with Crippen LogP contribution in [0.2, 0.25) is 0 Å². The van der Waals surface area contributed by atoms with Crippen LogP contribution in [0.5, 0.6) is 5.88 Å². The third-order valence-electron chi connectivity index (χ3n) is 6.58. The third kappa shape index (κ3) is 5.87. The van der Waals surface area contributed by atoms with Crippen LogP contribution in [0.3, 0.4) is 0 Å². The van der Waals surface area contributed by atoms with E-state index in [1.165, 1.54) is 12.1 Å². The molecular weight excluding hydrogens is 503 g/mol. The maximum absolute atomic E-state index is 11.9. The lowest BCUT2D eigenvalue weighted by atomic mass is 10.0. The first-order valence-electron chi connectivity index (χ1n) is 12.5. The monoisotopic (exact) mass is 538 g/mol. The minimum atomic E-state index is -0.178. The Morgan fingerprint density at radius 2 is 1.92 bits per heavy atom. The number of hydrogen-bond donors (Lipinski definition) is 2. The Morgan fingerprint density at radius 1 is 1.21 bits per heavy atom. The first-order valence-corrected chi connectivity index (χ1v) is 13.7. The van der Waals surface area contributed by atoms with Crippen LogP contribution < -0.4 is 16.3 Å². The van der Waals surface area contributed by atoms with Gasteiger partial charge < -0.3 is 24.8 Å². The number of allylic oxidation sites excluding steroid dienone is 1. The number of ether oxygens (including phenoxy) is 2. The summed E-state index contributed by atoms with van der Waals surface area (Å²) in [7, 11) is 3.44. The molecule has 202 valence electrons. The second-order valence-corrected chi connectivity index (χ2v) is 10.1. The van der Waals surface area contributed by atoms with Gasteiger partial charge in [0.1, 0.15) is 11.3 Å². The number of fused-ring (bicyclic) bond motifs is 3. The van der Waals surface area contributed by atoms with Crippen LogP contribution in [-0.2, 0) is 11.3 Å². The number of nitrogens with zero attached hydrogens (tertiary/aromatic N) is 4. The fraction of sp³-hybridized carbons (Fsp3) is 0.357. The number of halogens is 1. The normalized spacial score (nSPS) is 14.7. The maximum Gasteiger partial charge on any atom is 0.224 e. The minimum Gasteiger partial charge on any atom is -0.480 e. The number of methoxy groups -OCH3 is 1. The SMILES string of the molecule is COc1ncc(SC)c2c1c1ncc(/C(=C(\C)N)N(C)N)cc1n2CC1CCOCC1.Fc1ccccc1. The number of nitrogens with two attached hydrogens (primary N) is 2. The molecule has 0 amide bonds. The topological polar surface area (TPSA) is 104 Å². The van der Waals surface area contributed by atoms with Gasteiger partial charge in [0.25, 0.3) is 0 Å². The number of thioether (sulfide) groups is 1. The van der Waals surface area contributed by atoms with Crippen LogP contribution in [-0.4, -0.2) is 53.2 Å². The van der Waals surface area contributed by atoms with Gasteiger partial charge in [-0.1, -0.05) is 18.2 Å². The molecule has 5 rings (SSSR count). The van der Waals surface area contributed by atoms with Crippen LogP contribution in [0.25, 0.3) is 27.6 Å². The first kappa shape index (κ1) is 27.7. The second-order valence-electron chi connectivity index (χ2n) is 9.26. The summed E-state index contributed by atoms with van der Waals surface area (Å²) in [5.41, 5.74) is 11.4. The van der Waals surface area contributed by atoms with Crippen molar-refractivity contribution in [2.24, 2.45) is 17.5 Å². The van der Waals surface area contributed by atoms with Gasteiger partial charge in [-0.05, 0) is 50.1 Å². The molecule has 10 heteroatoms. The molecule has 0 unspecified atom stereocenters. The summed E-state index contributed by atoms with van der Waals surface area (Å²) in [4.78, 5) is 10.5. The summed E-state index contributed by atoms with van der Waals surface area (Å²) in [6.45, 7) is 4.35. The molecule has 8 nitrogen and oxygen atoms in total. The zero-order valence-electron chi connectivity index (χ0n) is 22.3. The molecule has 0 bridgehead atoms. The molecule has 0 saturated carbocycles. The van der Waals surface area contributed by atoms with Crippen LogP contribution in [0.1, 0.15) is 25.3 Å². The fourth-order valence-corrected chi connectivity index (χ4v) is 5.42. The molecule has 4 aromatic rings. The van der Waals surface area contributed by atoms with E-state index in [1.54, 1.807) is 49.1 Å². The van der Waals surface area contributed by atoms with Crippen LogP contribution >= 0.6 is 11.8 Å². The Morgan fingerprint density at radius 3 is 2.47 bits per heavy atom. The Kier molecular flexibility index (Phi) is 9.09. The van der Waals surface area contributed by atoms with E-state index in [2.05, 4.69) is 21.9 Å². The highest BCUT2D eigenvalue weighted by Gasteiger charge is 2.24. The quantitative estimate of drug-likeness (QED) is 0.200. The van der Waals surface area contributed by atoms with Crippen molar-refractivity contribution < 1.29 is 13.9 Å². The molecule has 38 heavy (non-hydrogen) atoms. The first-order chi connectivity index (χ1) is 18.3. The molecule has 4 N–H and O–H groups in total.